The molecule has 0 saturated heterocycles. The molecule has 1 fully saturated rings. The van der Waals surface area contributed by atoms with Gasteiger partial charge in [0.1, 0.15) is 0 Å². The predicted octanol–water partition coefficient (Wildman–Crippen LogP) is 2.20. The lowest BCUT2D eigenvalue weighted by Gasteiger charge is -2.38. The molecule has 2 rings (SSSR count). The summed E-state index contributed by atoms with van der Waals surface area (Å²) in [6.45, 7) is 6.94. The lowest BCUT2D eigenvalue weighted by molar-refractivity contribution is -0.175. The third kappa shape index (κ3) is 4.46. The Morgan fingerprint density at radius 3 is 2.77 bits per heavy atom. The van der Waals surface area contributed by atoms with Crippen LogP contribution in [-0.4, -0.2) is 36.6 Å². The molecule has 0 aromatic carbocycles. The Labute approximate surface area is 133 Å². The highest BCUT2D eigenvalue weighted by Crippen LogP contribution is 2.37. The molecular weight excluding hydrogens is 282 g/mol. The van der Waals surface area contributed by atoms with Crippen LogP contribution in [0.4, 0.5) is 0 Å². The molecule has 2 N–H and O–H groups in total. The van der Waals surface area contributed by atoms with Crippen LogP contribution in [0.5, 0.6) is 0 Å². The van der Waals surface area contributed by atoms with E-state index in [9.17, 15) is 4.79 Å². The standard InChI is InChI=1S/C17H29NO4/c1-4-21-17-13(6-5-9-19)14(11(2)3)10-15(22-17)16(20)18-12-7-8-12/h10-14,17,19H,4-9H2,1-3H3,(H,18,20)/t13-,14+,17+/m0/s1. The van der Waals surface area contributed by atoms with Crippen LogP contribution >= 0.6 is 0 Å². The molecule has 22 heavy (non-hydrogen) atoms. The zero-order valence-electron chi connectivity index (χ0n) is 13.9. The van der Waals surface area contributed by atoms with E-state index in [-0.39, 0.29) is 24.3 Å². The molecule has 1 amide bonds. The van der Waals surface area contributed by atoms with Crippen molar-refractivity contribution in [3.8, 4) is 0 Å². The van der Waals surface area contributed by atoms with Gasteiger partial charge in [0.25, 0.3) is 5.91 Å². The zero-order chi connectivity index (χ0) is 16.1. The quantitative estimate of drug-likeness (QED) is 0.721. The molecular formula is C17H29NO4. The number of aliphatic hydroxyl groups is 1. The fourth-order valence-corrected chi connectivity index (χ4v) is 3.01. The van der Waals surface area contributed by atoms with Gasteiger partial charge in [0.15, 0.2) is 5.76 Å². The number of hydrogen-bond donors (Lipinski definition) is 2. The first-order valence-corrected chi connectivity index (χ1v) is 8.48. The first-order valence-electron chi connectivity index (χ1n) is 8.48. The largest absolute Gasteiger partial charge is 0.459 e. The van der Waals surface area contributed by atoms with Crippen molar-refractivity contribution in [3.63, 3.8) is 0 Å². The SMILES string of the molecule is CCO[C@@H]1OC(C(=O)NC2CC2)=C[C@H](C(C)C)[C@@H]1CCCO. The molecule has 126 valence electrons. The summed E-state index contributed by atoms with van der Waals surface area (Å²) in [5.41, 5.74) is 0. The fraction of sp³-hybridized carbons (Fsp3) is 0.824. The second-order valence-electron chi connectivity index (χ2n) is 6.57. The van der Waals surface area contributed by atoms with Crippen molar-refractivity contribution in [2.75, 3.05) is 13.2 Å². The maximum absolute atomic E-state index is 12.3. The number of carbonyl (C=O) groups is 1. The van der Waals surface area contributed by atoms with E-state index in [0.717, 1.165) is 25.7 Å². The third-order valence-corrected chi connectivity index (χ3v) is 4.36. The molecule has 1 heterocycles. The van der Waals surface area contributed by atoms with Gasteiger partial charge < -0.3 is 19.9 Å². The topological polar surface area (TPSA) is 67.8 Å². The number of allylic oxidation sites excluding steroid dienone is 1. The average Bonchev–Trinajstić information content (AvgIpc) is 3.29. The number of ether oxygens (including phenoxy) is 2. The molecule has 0 radical (unpaired) electrons. The molecule has 1 saturated carbocycles. The van der Waals surface area contributed by atoms with Crippen LogP contribution in [0.3, 0.4) is 0 Å². The second-order valence-corrected chi connectivity index (χ2v) is 6.57. The molecule has 0 unspecified atom stereocenters. The predicted molar refractivity (Wildman–Crippen MR) is 83.9 cm³/mol. The molecule has 2 aliphatic rings. The first kappa shape index (κ1) is 17.3. The van der Waals surface area contributed by atoms with Crippen molar-refractivity contribution in [3.05, 3.63) is 11.8 Å². The van der Waals surface area contributed by atoms with E-state index in [0.29, 0.717) is 24.3 Å². The van der Waals surface area contributed by atoms with Crippen molar-refractivity contribution >= 4 is 5.91 Å². The Kier molecular flexibility index (Phi) is 6.26. The van der Waals surface area contributed by atoms with Crippen LogP contribution in [0.15, 0.2) is 11.8 Å². The number of aliphatic hydroxyl groups excluding tert-OH is 1. The molecule has 0 bridgehead atoms. The zero-order valence-corrected chi connectivity index (χ0v) is 13.9. The maximum Gasteiger partial charge on any atom is 0.286 e. The monoisotopic (exact) mass is 311 g/mol. The van der Waals surface area contributed by atoms with Crippen molar-refractivity contribution < 1.29 is 19.4 Å². The summed E-state index contributed by atoms with van der Waals surface area (Å²) < 4.78 is 11.6. The van der Waals surface area contributed by atoms with Crippen LogP contribution in [0, 0.1) is 17.8 Å². The summed E-state index contributed by atoms with van der Waals surface area (Å²) in [6.07, 6.45) is 5.21. The van der Waals surface area contributed by atoms with Crippen LogP contribution in [0.1, 0.15) is 46.5 Å². The van der Waals surface area contributed by atoms with Gasteiger partial charge in [-0.25, -0.2) is 0 Å². The third-order valence-electron chi connectivity index (χ3n) is 4.36. The second kappa shape index (κ2) is 7.97. The van der Waals surface area contributed by atoms with Crippen LogP contribution in [0.2, 0.25) is 0 Å². The summed E-state index contributed by atoms with van der Waals surface area (Å²) in [5, 5.41) is 12.1. The average molecular weight is 311 g/mol. The van der Waals surface area contributed by atoms with Crippen molar-refractivity contribution in [1.82, 2.24) is 5.32 Å². The molecule has 0 aromatic heterocycles. The highest BCUT2D eigenvalue weighted by molar-refractivity contribution is 5.92. The van der Waals surface area contributed by atoms with Gasteiger partial charge in [0.2, 0.25) is 6.29 Å². The number of amides is 1. The maximum atomic E-state index is 12.3. The van der Waals surface area contributed by atoms with Crippen LogP contribution in [-0.2, 0) is 14.3 Å². The molecule has 5 nitrogen and oxygen atoms in total. The Morgan fingerprint density at radius 1 is 1.50 bits per heavy atom. The first-order chi connectivity index (χ1) is 10.6. The van der Waals surface area contributed by atoms with E-state index in [4.69, 9.17) is 14.6 Å². The van der Waals surface area contributed by atoms with Crippen LogP contribution < -0.4 is 5.32 Å². The number of hydrogen-bond acceptors (Lipinski definition) is 4. The Hall–Kier alpha value is -1.07. The smallest absolute Gasteiger partial charge is 0.286 e. The number of nitrogens with one attached hydrogen (secondary N) is 1. The van der Waals surface area contributed by atoms with Gasteiger partial charge in [0.05, 0.1) is 0 Å². The summed E-state index contributed by atoms with van der Waals surface area (Å²) in [5.74, 6) is 1.04. The van der Waals surface area contributed by atoms with Crippen molar-refractivity contribution in [2.24, 2.45) is 17.8 Å². The lowest BCUT2D eigenvalue weighted by atomic mass is 9.78. The summed E-state index contributed by atoms with van der Waals surface area (Å²) in [4.78, 5) is 12.3. The Balaban J connectivity index is 2.14. The minimum Gasteiger partial charge on any atom is -0.459 e. The number of carbonyl (C=O) groups excluding carboxylic acids is 1. The Bertz CT molecular complexity index is 403. The van der Waals surface area contributed by atoms with Gasteiger partial charge in [-0.2, -0.15) is 0 Å². The van der Waals surface area contributed by atoms with E-state index in [1.165, 1.54) is 0 Å². The number of rotatable bonds is 8. The molecule has 3 atom stereocenters. The summed E-state index contributed by atoms with van der Waals surface area (Å²) >= 11 is 0. The van der Waals surface area contributed by atoms with Gasteiger partial charge in [-0.3, -0.25) is 4.79 Å². The summed E-state index contributed by atoms with van der Waals surface area (Å²) in [6, 6.07) is 0.312. The normalized spacial score (nSPS) is 28.2. The lowest BCUT2D eigenvalue weighted by Crippen LogP contribution is -2.41. The summed E-state index contributed by atoms with van der Waals surface area (Å²) in [7, 11) is 0. The molecule has 0 aromatic rings. The minimum absolute atomic E-state index is 0.126. The van der Waals surface area contributed by atoms with E-state index < -0.39 is 6.29 Å². The highest BCUT2D eigenvalue weighted by atomic mass is 16.7. The van der Waals surface area contributed by atoms with Gasteiger partial charge in [-0.05, 0) is 50.5 Å². The van der Waals surface area contributed by atoms with Crippen LogP contribution in [0.25, 0.3) is 0 Å². The van der Waals surface area contributed by atoms with Gasteiger partial charge in [-0.1, -0.05) is 13.8 Å². The van der Waals surface area contributed by atoms with E-state index in [1.54, 1.807) is 0 Å². The Morgan fingerprint density at radius 2 is 2.23 bits per heavy atom. The van der Waals surface area contributed by atoms with Gasteiger partial charge in [0, 0.05) is 25.2 Å². The van der Waals surface area contributed by atoms with E-state index >= 15 is 0 Å². The van der Waals surface area contributed by atoms with Gasteiger partial charge >= 0.3 is 0 Å². The van der Waals surface area contributed by atoms with Gasteiger partial charge in [-0.15, -0.1) is 0 Å². The molecule has 0 spiro atoms. The van der Waals surface area contributed by atoms with E-state index in [1.807, 2.05) is 13.0 Å². The molecule has 1 aliphatic heterocycles. The van der Waals surface area contributed by atoms with E-state index in [2.05, 4.69) is 19.2 Å². The molecule has 1 aliphatic carbocycles. The fourth-order valence-electron chi connectivity index (χ4n) is 3.01. The van der Waals surface area contributed by atoms with Crippen molar-refractivity contribution in [2.45, 2.75) is 58.8 Å². The highest BCUT2D eigenvalue weighted by Gasteiger charge is 2.39. The molecule has 5 heteroatoms. The van der Waals surface area contributed by atoms with Crippen molar-refractivity contribution in [1.29, 1.82) is 0 Å². The minimum atomic E-state index is -0.408.